The molecule has 2 unspecified atom stereocenters. The van der Waals surface area contributed by atoms with Crippen molar-refractivity contribution in [1.82, 2.24) is 0 Å². The van der Waals surface area contributed by atoms with E-state index >= 15 is 0 Å². The number of halogens is 3. The Balaban J connectivity index is 2.30. The molecule has 1 nitrogen and oxygen atoms in total. The average Bonchev–Trinajstić information content (AvgIpc) is 2.66. The Labute approximate surface area is 105 Å². The number of ether oxygens (including phenoxy) is 1. The Morgan fingerprint density at radius 2 is 2.06 bits per heavy atom. The molecular weight excluding hydrogens is 246 g/mol. The Morgan fingerprint density at radius 1 is 1.41 bits per heavy atom. The van der Waals surface area contributed by atoms with Gasteiger partial charge in [-0.05, 0) is 31.9 Å². The molecule has 2 atom stereocenters. The van der Waals surface area contributed by atoms with E-state index in [0.29, 0.717) is 12.5 Å². The molecule has 1 aliphatic heterocycles. The quantitative estimate of drug-likeness (QED) is 0.756. The molecule has 1 aliphatic rings. The molecule has 1 fully saturated rings. The van der Waals surface area contributed by atoms with Crippen LogP contribution in [0.1, 0.15) is 18.9 Å². The summed E-state index contributed by atoms with van der Waals surface area (Å²) in [7, 11) is 0. The normalized spacial score (nSPS) is 28.6. The van der Waals surface area contributed by atoms with Crippen LogP contribution >= 0.6 is 11.6 Å². The van der Waals surface area contributed by atoms with Gasteiger partial charge in [-0.25, -0.2) is 8.78 Å². The summed E-state index contributed by atoms with van der Waals surface area (Å²) in [5.41, 5.74) is -0.240. The second-order valence-corrected chi connectivity index (χ2v) is 4.90. The lowest BCUT2D eigenvalue weighted by Crippen LogP contribution is -2.33. The number of benzene rings is 1. The molecule has 1 saturated heterocycles. The second-order valence-electron chi connectivity index (χ2n) is 4.64. The summed E-state index contributed by atoms with van der Waals surface area (Å²) >= 11 is 5.99. The van der Waals surface area contributed by atoms with Crippen LogP contribution in [0.5, 0.6) is 0 Å². The Hall–Kier alpha value is -0.670. The summed E-state index contributed by atoms with van der Waals surface area (Å²) in [5.74, 6) is -0.663. The lowest BCUT2D eigenvalue weighted by atomic mass is 9.78. The molecule has 0 aromatic heterocycles. The van der Waals surface area contributed by atoms with E-state index in [1.54, 1.807) is 0 Å². The fraction of sp³-hybridized carbons (Fsp3) is 0.538. The molecule has 94 valence electrons. The van der Waals surface area contributed by atoms with Crippen molar-refractivity contribution in [2.24, 2.45) is 5.41 Å². The second kappa shape index (κ2) is 4.91. The number of rotatable bonds is 3. The van der Waals surface area contributed by atoms with Crippen molar-refractivity contribution >= 4 is 11.6 Å². The maximum absolute atomic E-state index is 13.6. The zero-order valence-corrected chi connectivity index (χ0v) is 10.4. The minimum atomic E-state index is -0.506. The van der Waals surface area contributed by atoms with Crippen LogP contribution in [0.15, 0.2) is 18.2 Å². The number of hydrogen-bond donors (Lipinski definition) is 0. The van der Waals surface area contributed by atoms with Crippen molar-refractivity contribution in [1.29, 1.82) is 0 Å². The van der Waals surface area contributed by atoms with E-state index in [0.717, 1.165) is 6.42 Å². The van der Waals surface area contributed by atoms with Crippen LogP contribution in [0.3, 0.4) is 0 Å². The van der Waals surface area contributed by atoms with Crippen molar-refractivity contribution in [2.45, 2.75) is 25.9 Å². The highest BCUT2D eigenvalue weighted by molar-refractivity contribution is 6.18. The van der Waals surface area contributed by atoms with Crippen LogP contribution in [-0.4, -0.2) is 18.6 Å². The molecule has 0 spiro atoms. The SMILES string of the molecule is CC1OCCC1(CCl)Cc1c(F)cccc1F. The fourth-order valence-corrected chi connectivity index (χ4v) is 2.77. The van der Waals surface area contributed by atoms with Gasteiger partial charge in [-0.3, -0.25) is 0 Å². The van der Waals surface area contributed by atoms with Gasteiger partial charge < -0.3 is 4.74 Å². The lowest BCUT2D eigenvalue weighted by molar-refractivity contribution is 0.0728. The minimum absolute atomic E-state index is 0.0704. The molecule has 0 radical (unpaired) electrons. The molecule has 2 rings (SSSR count). The van der Waals surface area contributed by atoms with Crippen molar-refractivity contribution in [3.63, 3.8) is 0 Å². The van der Waals surface area contributed by atoms with E-state index in [1.165, 1.54) is 18.2 Å². The maximum atomic E-state index is 13.6. The first-order valence-corrected chi connectivity index (χ1v) is 6.23. The van der Waals surface area contributed by atoms with Crippen LogP contribution in [0.25, 0.3) is 0 Å². The molecule has 0 N–H and O–H groups in total. The van der Waals surface area contributed by atoms with Crippen molar-refractivity contribution in [3.05, 3.63) is 35.4 Å². The first-order chi connectivity index (χ1) is 8.09. The molecule has 0 saturated carbocycles. The molecule has 0 bridgehead atoms. The number of hydrogen-bond acceptors (Lipinski definition) is 1. The van der Waals surface area contributed by atoms with E-state index in [4.69, 9.17) is 16.3 Å². The molecule has 1 aromatic rings. The van der Waals surface area contributed by atoms with E-state index in [2.05, 4.69) is 0 Å². The van der Waals surface area contributed by atoms with Gasteiger partial charge in [-0.1, -0.05) is 6.07 Å². The fourth-order valence-electron chi connectivity index (χ4n) is 2.33. The summed E-state index contributed by atoms with van der Waals surface area (Å²) in [4.78, 5) is 0. The van der Waals surface area contributed by atoms with Crippen LogP contribution in [0.2, 0.25) is 0 Å². The van der Waals surface area contributed by atoms with Gasteiger partial charge in [0.25, 0.3) is 0 Å². The monoisotopic (exact) mass is 260 g/mol. The Kier molecular flexibility index (Phi) is 3.69. The van der Waals surface area contributed by atoms with Gasteiger partial charge in [-0.15, -0.1) is 11.6 Å². The first kappa shape index (κ1) is 12.8. The molecule has 1 heterocycles. The van der Waals surface area contributed by atoms with Crippen LogP contribution < -0.4 is 0 Å². The summed E-state index contributed by atoms with van der Waals surface area (Å²) in [6.07, 6.45) is 0.959. The third-order valence-corrected chi connectivity index (χ3v) is 4.22. The van der Waals surface area contributed by atoms with Gasteiger partial charge in [0.2, 0.25) is 0 Å². The third kappa shape index (κ3) is 2.31. The average molecular weight is 261 g/mol. The topological polar surface area (TPSA) is 9.23 Å². The summed E-state index contributed by atoms with van der Waals surface area (Å²) in [6, 6.07) is 3.93. The highest BCUT2D eigenvalue weighted by Gasteiger charge is 2.41. The number of alkyl halides is 1. The van der Waals surface area contributed by atoms with Crippen molar-refractivity contribution < 1.29 is 13.5 Å². The Bertz CT molecular complexity index is 390. The maximum Gasteiger partial charge on any atom is 0.129 e. The standard InChI is InChI=1S/C13H15ClF2O/c1-9-13(8-14,5-6-17-9)7-10-11(15)3-2-4-12(10)16/h2-4,9H,5-8H2,1H3. The molecular formula is C13H15ClF2O. The molecule has 1 aromatic carbocycles. The lowest BCUT2D eigenvalue weighted by Gasteiger charge is -2.30. The smallest absolute Gasteiger partial charge is 0.129 e. The predicted molar refractivity (Wildman–Crippen MR) is 63.2 cm³/mol. The van der Waals surface area contributed by atoms with Gasteiger partial charge >= 0.3 is 0 Å². The highest BCUT2D eigenvalue weighted by atomic mass is 35.5. The molecule has 0 amide bonds. The highest BCUT2D eigenvalue weighted by Crippen LogP contribution is 2.40. The zero-order chi connectivity index (χ0) is 12.5. The summed E-state index contributed by atoms with van der Waals surface area (Å²) in [5, 5.41) is 0. The summed E-state index contributed by atoms with van der Waals surface area (Å²) < 4.78 is 32.7. The third-order valence-electron chi connectivity index (χ3n) is 3.69. The van der Waals surface area contributed by atoms with Crippen LogP contribution in [0.4, 0.5) is 8.78 Å². The van der Waals surface area contributed by atoms with Crippen molar-refractivity contribution in [2.75, 3.05) is 12.5 Å². The van der Waals surface area contributed by atoms with E-state index in [-0.39, 0.29) is 23.5 Å². The van der Waals surface area contributed by atoms with E-state index < -0.39 is 11.6 Å². The largest absolute Gasteiger partial charge is 0.378 e. The van der Waals surface area contributed by atoms with E-state index in [1.807, 2.05) is 6.92 Å². The van der Waals surface area contributed by atoms with Gasteiger partial charge in [-0.2, -0.15) is 0 Å². The van der Waals surface area contributed by atoms with Gasteiger partial charge in [0.15, 0.2) is 0 Å². The van der Waals surface area contributed by atoms with Gasteiger partial charge in [0.1, 0.15) is 11.6 Å². The van der Waals surface area contributed by atoms with Gasteiger partial charge in [0.05, 0.1) is 6.10 Å². The first-order valence-electron chi connectivity index (χ1n) is 5.69. The van der Waals surface area contributed by atoms with Crippen LogP contribution in [0, 0.1) is 17.0 Å². The zero-order valence-electron chi connectivity index (χ0n) is 9.68. The van der Waals surface area contributed by atoms with Crippen LogP contribution in [-0.2, 0) is 11.2 Å². The molecule has 0 aliphatic carbocycles. The minimum Gasteiger partial charge on any atom is -0.378 e. The molecule has 4 heteroatoms. The van der Waals surface area contributed by atoms with Gasteiger partial charge in [0, 0.05) is 23.5 Å². The predicted octanol–water partition coefficient (Wildman–Crippen LogP) is 3.54. The summed E-state index contributed by atoms with van der Waals surface area (Å²) in [6.45, 7) is 2.51. The molecule has 17 heavy (non-hydrogen) atoms. The Morgan fingerprint density at radius 3 is 2.53 bits per heavy atom. The van der Waals surface area contributed by atoms with E-state index in [9.17, 15) is 8.78 Å². The van der Waals surface area contributed by atoms with Crippen molar-refractivity contribution in [3.8, 4) is 0 Å².